The number of nitrogens with one attached hydrogen (secondary N) is 1. The zero-order valence-corrected chi connectivity index (χ0v) is 10.8. The van der Waals surface area contributed by atoms with Gasteiger partial charge in [-0.05, 0) is 18.2 Å². The molecule has 0 bridgehead atoms. The minimum Gasteiger partial charge on any atom is -0.419 e. The highest BCUT2D eigenvalue weighted by atomic mass is 35.5. The van der Waals surface area contributed by atoms with Crippen LogP contribution in [0.2, 0.25) is 5.02 Å². The van der Waals surface area contributed by atoms with E-state index in [9.17, 15) is 4.39 Å². The van der Waals surface area contributed by atoms with Crippen molar-refractivity contribution in [1.29, 1.82) is 0 Å². The predicted octanol–water partition coefficient (Wildman–Crippen LogP) is 3.03. The van der Waals surface area contributed by atoms with Gasteiger partial charge in [0.1, 0.15) is 5.82 Å². The van der Waals surface area contributed by atoms with Crippen molar-refractivity contribution in [3.63, 3.8) is 0 Å². The van der Waals surface area contributed by atoms with Crippen LogP contribution >= 0.6 is 11.6 Å². The Hall–Kier alpha value is -1.46. The van der Waals surface area contributed by atoms with Gasteiger partial charge < -0.3 is 9.73 Å². The highest BCUT2D eigenvalue weighted by Gasteiger charge is 2.10. The van der Waals surface area contributed by atoms with E-state index in [1.807, 2.05) is 13.8 Å². The molecule has 2 aromatic rings. The number of nitrogens with zero attached hydrogens (tertiary/aromatic N) is 2. The molecule has 96 valence electrons. The largest absolute Gasteiger partial charge is 0.419 e. The van der Waals surface area contributed by atoms with Gasteiger partial charge in [-0.15, -0.1) is 10.2 Å². The van der Waals surface area contributed by atoms with Gasteiger partial charge in [-0.1, -0.05) is 25.4 Å². The number of hydrogen-bond donors (Lipinski definition) is 1. The normalized spacial score (nSPS) is 11.2. The molecule has 0 aliphatic rings. The van der Waals surface area contributed by atoms with Crippen LogP contribution in [0.1, 0.15) is 19.7 Å². The molecule has 0 unspecified atom stereocenters. The van der Waals surface area contributed by atoms with Crippen LogP contribution in [0.15, 0.2) is 22.6 Å². The van der Waals surface area contributed by atoms with E-state index in [1.54, 1.807) is 6.07 Å². The van der Waals surface area contributed by atoms with Gasteiger partial charge in [-0.25, -0.2) is 4.39 Å². The first-order valence-corrected chi connectivity index (χ1v) is 5.95. The van der Waals surface area contributed by atoms with E-state index in [1.165, 1.54) is 12.1 Å². The third kappa shape index (κ3) is 3.05. The standard InChI is InChI=1S/C12H13ClFN3O/c1-7(2)15-6-11-16-17-12(18-11)8-3-4-10(14)9(13)5-8/h3-5,7,15H,6H2,1-2H3. The molecular formula is C12H13ClFN3O. The summed E-state index contributed by atoms with van der Waals surface area (Å²) in [4.78, 5) is 0. The fraction of sp³-hybridized carbons (Fsp3) is 0.333. The number of halogens is 2. The lowest BCUT2D eigenvalue weighted by atomic mass is 10.2. The number of aromatic nitrogens is 2. The Morgan fingerprint density at radius 1 is 1.39 bits per heavy atom. The van der Waals surface area contributed by atoms with Gasteiger partial charge in [0, 0.05) is 11.6 Å². The van der Waals surface area contributed by atoms with Crippen molar-refractivity contribution in [2.45, 2.75) is 26.4 Å². The SMILES string of the molecule is CC(C)NCc1nnc(-c2ccc(F)c(Cl)c2)o1. The van der Waals surface area contributed by atoms with Crippen LogP contribution in [0, 0.1) is 5.82 Å². The minimum atomic E-state index is -0.471. The molecule has 0 atom stereocenters. The molecule has 0 amide bonds. The van der Waals surface area contributed by atoms with Crippen LogP contribution in [-0.2, 0) is 6.54 Å². The van der Waals surface area contributed by atoms with Crippen LogP contribution < -0.4 is 5.32 Å². The van der Waals surface area contributed by atoms with Gasteiger partial charge >= 0.3 is 0 Å². The molecule has 1 heterocycles. The van der Waals surface area contributed by atoms with Crippen molar-refractivity contribution in [2.24, 2.45) is 0 Å². The molecule has 0 radical (unpaired) electrons. The quantitative estimate of drug-likeness (QED) is 0.927. The highest BCUT2D eigenvalue weighted by molar-refractivity contribution is 6.31. The molecule has 4 nitrogen and oxygen atoms in total. The number of hydrogen-bond acceptors (Lipinski definition) is 4. The van der Waals surface area contributed by atoms with Gasteiger partial charge in [-0.3, -0.25) is 0 Å². The molecule has 0 saturated carbocycles. The fourth-order valence-electron chi connectivity index (χ4n) is 1.36. The summed E-state index contributed by atoms with van der Waals surface area (Å²) >= 11 is 5.70. The van der Waals surface area contributed by atoms with Crippen LogP contribution in [0.25, 0.3) is 11.5 Å². The molecular weight excluding hydrogens is 257 g/mol. The molecule has 0 fully saturated rings. The maximum atomic E-state index is 13.0. The third-order valence-corrected chi connectivity index (χ3v) is 2.58. The third-order valence-electron chi connectivity index (χ3n) is 2.29. The lowest BCUT2D eigenvalue weighted by Crippen LogP contribution is -2.21. The zero-order valence-electron chi connectivity index (χ0n) is 10.1. The van der Waals surface area contributed by atoms with Crippen LogP contribution in [-0.4, -0.2) is 16.2 Å². The van der Waals surface area contributed by atoms with E-state index >= 15 is 0 Å². The first-order valence-electron chi connectivity index (χ1n) is 5.57. The van der Waals surface area contributed by atoms with Gasteiger partial charge in [0.2, 0.25) is 11.8 Å². The lowest BCUT2D eigenvalue weighted by Gasteiger charge is -2.03. The molecule has 0 aliphatic carbocycles. The summed E-state index contributed by atoms with van der Waals surface area (Å²) in [5.74, 6) is 0.346. The van der Waals surface area contributed by atoms with E-state index in [0.29, 0.717) is 29.9 Å². The molecule has 0 aliphatic heterocycles. The second-order valence-corrected chi connectivity index (χ2v) is 4.57. The van der Waals surface area contributed by atoms with Crippen molar-refractivity contribution < 1.29 is 8.81 Å². The summed E-state index contributed by atoms with van der Waals surface area (Å²) < 4.78 is 18.5. The van der Waals surface area contributed by atoms with Gasteiger partial charge in [0.15, 0.2) is 0 Å². The first kappa shape index (κ1) is 13.0. The Labute approximate surface area is 109 Å². The monoisotopic (exact) mass is 269 g/mol. The van der Waals surface area contributed by atoms with Crippen molar-refractivity contribution in [3.8, 4) is 11.5 Å². The van der Waals surface area contributed by atoms with Crippen LogP contribution in [0.5, 0.6) is 0 Å². The first-order chi connectivity index (χ1) is 8.56. The maximum absolute atomic E-state index is 13.0. The van der Waals surface area contributed by atoms with Crippen molar-refractivity contribution in [1.82, 2.24) is 15.5 Å². The average Bonchev–Trinajstić information content (AvgIpc) is 2.79. The number of benzene rings is 1. The molecule has 1 aromatic heterocycles. The Kier molecular flexibility index (Phi) is 3.93. The molecule has 0 saturated heterocycles. The van der Waals surface area contributed by atoms with E-state index in [2.05, 4.69) is 15.5 Å². The van der Waals surface area contributed by atoms with Gasteiger partial charge in [-0.2, -0.15) is 0 Å². The van der Waals surface area contributed by atoms with Crippen molar-refractivity contribution >= 4 is 11.6 Å². The van der Waals surface area contributed by atoms with E-state index in [-0.39, 0.29) is 5.02 Å². The van der Waals surface area contributed by atoms with E-state index < -0.39 is 5.82 Å². The Bertz CT molecular complexity index is 542. The summed E-state index contributed by atoms with van der Waals surface area (Å²) in [5, 5.41) is 11.0. The van der Waals surface area contributed by atoms with Crippen molar-refractivity contribution in [2.75, 3.05) is 0 Å². The molecule has 18 heavy (non-hydrogen) atoms. The summed E-state index contributed by atoms with van der Waals surface area (Å²) in [6.07, 6.45) is 0. The highest BCUT2D eigenvalue weighted by Crippen LogP contribution is 2.23. The summed E-state index contributed by atoms with van der Waals surface area (Å²) in [5.41, 5.74) is 0.602. The maximum Gasteiger partial charge on any atom is 0.247 e. The van der Waals surface area contributed by atoms with Gasteiger partial charge in [0.25, 0.3) is 0 Å². The molecule has 2 rings (SSSR count). The molecule has 0 spiro atoms. The molecule has 1 aromatic carbocycles. The van der Waals surface area contributed by atoms with Crippen LogP contribution in [0.4, 0.5) is 4.39 Å². The Morgan fingerprint density at radius 2 is 2.17 bits per heavy atom. The average molecular weight is 270 g/mol. The molecule has 1 N–H and O–H groups in total. The summed E-state index contributed by atoms with van der Waals surface area (Å²) in [6.45, 7) is 4.55. The smallest absolute Gasteiger partial charge is 0.247 e. The predicted molar refractivity (Wildman–Crippen MR) is 66.7 cm³/mol. The number of rotatable bonds is 4. The zero-order chi connectivity index (χ0) is 13.1. The lowest BCUT2D eigenvalue weighted by molar-refractivity contribution is 0.459. The van der Waals surface area contributed by atoms with E-state index in [4.69, 9.17) is 16.0 Å². The van der Waals surface area contributed by atoms with E-state index in [0.717, 1.165) is 0 Å². The fourth-order valence-corrected chi connectivity index (χ4v) is 1.54. The summed E-state index contributed by atoms with van der Waals surface area (Å²) in [6, 6.07) is 4.62. The van der Waals surface area contributed by atoms with Crippen molar-refractivity contribution in [3.05, 3.63) is 34.9 Å². The summed E-state index contributed by atoms with van der Waals surface area (Å²) in [7, 11) is 0. The Morgan fingerprint density at radius 3 is 2.83 bits per heavy atom. The second-order valence-electron chi connectivity index (χ2n) is 4.17. The topological polar surface area (TPSA) is 51.0 Å². The Balaban J connectivity index is 2.16. The molecule has 6 heteroatoms. The minimum absolute atomic E-state index is 0.0348. The van der Waals surface area contributed by atoms with Gasteiger partial charge in [0.05, 0.1) is 11.6 Å². The second kappa shape index (κ2) is 5.46. The van der Waals surface area contributed by atoms with Crippen LogP contribution in [0.3, 0.4) is 0 Å².